The number of rotatable bonds is 9. The molecule has 10 nitrogen and oxygen atoms in total. The normalized spacial score (nSPS) is 14.9. The number of fused-ring (bicyclic) bond motifs is 1. The third kappa shape index (κ3) is 4.47. The highest BCUT2D eigenvalue weighted by atomic mass is 35.5. The fraction of sp³-hybridized carbons (Fsp3) is 0.529. The number of aromatic nitrogens is 1. The number of halogens is 1. The minimum Gasteiger partial charge on any atom is -0.484 e. The number of nitrogens with two attached hydrogens (primary N) is 1. The molecule has 2 heterocycles. The molecule has 154 valence electrons. The molecule has 1 aromatic heterocycles. The van der Waals surface area contributed by atoms with Crippen molar-refractivity contribution in [3.63, 3.8) is 0 Å². The summed E-state index contributed by atoms with van der Waals surface area (Å²) in [5.74, 6) is -0.911. The van der Waals surface area contributed by atoms with Crippen molar-refractivity contribution in [3.8, 4) is 5.75 Å². The van der Waals surface area contributed by atoms with Crippen molar-refractivity contribution in [2.24, 2.45) is 5.73 Å². The molecule has 0 saturated carbocycles. The molecule has 11 heteroatoms. The van der Waals surface area contributed by atoms with Gasteiger partial charge in [0.05, 0.1) is 48.9 Å². The first-order chi connectivity index (χ1) is 13.3. The van der Waals surface area contributed by atoms with Gasteiger partial charge in [-0.15, -0.1) is 0 Å². The topological polar surface area (TPSA) is 146 Å². The standard InChI is InChI=1S/C17H21ClN2O8/c18-11-3-12-14(4-13(11)27-10-5-25-6-10)28-16(24)20(12)2-1-15(23)26-9-17(19,7-21)8-22/h3-4,10,21-22H,1-2,5-9,19H2. The number of benzene rings is 1. The van der Waals surface area contributed by atoms with E-state index in [1.165, 1.54) is 16.7 Å². The SMILES string of the molecule is NC(CO)(CO)COC(=O)CCn1c(=O)oc2cc(OC3COC3)c(Cl)cc21. The molecule has 1 aliphatic heterocycles. The van der Waals surface area contributed by atoms with Crippen LogP contribution in [0.4, 0.5) is 0 Å². The lowest BCUT2D eigenvalue weighted by Gasteiger charge is -2.27. The van der Waals surface area contributed by atoms with Crippen LogP contribution in [0.15, 0.2) is 21.3 Å². The number of esters is 1. The molecule has 28 heavy (non-hydrogen) atoms. The maximum Gasteiger partial charge on any atom is 0.419 e. The molecular formula is C17H21ClN2O8. The van der Waals surface area contributed by atoms with Gasteiger partial charge >= 0.3 is 11.7 Å². The first-order valence-corrected chi connectivity index (χ1v) is 8.96. The average molecular weight is 417 g/mol. The summed E-state index contributed by atoms with van der Waals surface area (Å²) in [5, 5.41) is 18.5. The number of carbonyl (C=O) groups is 1. The van der Waals surface area contributed by atoms with Gasteiger partial charge in [0.15, 0.2) is 5.58 Å². The number of nitrogens with zero attached hydrogens (tertiary/aromatic N) is 1. The van der Waals surface area contributed by atoms with Gasteiger partial charge in [0.2, 0.25) is 0 Å². The largest absolute Gasteiger partial charge is 0.484 e. The minimum absolute atomic E-state index is 0.00646. The molecule has 0 spiro atoms. The number of aliphatic hydroxyl groups is 2. The molecule has 3 rings (SSSR count). The maximum absolute atomic E-state index is 12.1. The van der Waals surface area contributed by atoms with Crippen LogP contribution >= 0.6 is 11.6 Å². The van der Waals surface area contributed by atoms with Crippen molar-refractivity contribution < 1.29 is 33.6 Å². The summed E-state index contributed by atoms with van der Waals surface area (Å²) in [6.45, 7) is -0.502. The summed E-state index contributed by atoms with van der Waals surface area (Å²) in [6, 6.07) is 3.06. The summed E-state index contributed by atoms with van der Waals surface area (Å²) in [7, 11) is 0. The molecule has 4 N–H and O–H groups in total. The van der Waals surface area contributed by atoms with Gasteiger partial charge < -0.3 is 34.6 Å². The zero-order chi connectivity index (χ0) is 20.3. The van der Waals surface area contributed by atoms with Crippen molar-refractivity contribution in [3.05, 3.63) is 27.7 Å². The summed E-state index contributed by atoms with van der Waals surface area (Å²) in [5.41, 5.74) is 4.91. The Morgan fingerprint density at radius 2 is 2.07 bits per heavy atom. The molecule has 0 radical (unpaired) electrons. The van der Waals surface area contributed by atoms with E-state index < -0.39 is 30.5 Å². The number of oxazole rings is 1. The zero-order valence-electron chi connectivity index (χ0n) is 14.9. The smallest absolute Gasteiger partial charge is 0.419 e. The van der Waals surface area contributed by atoms with Gasteiger partial charge in [-0.3, -0.25) is 9.36 Å². The van der Waals surface area contributed by atoms with Crippen LogP contribution in [0, 0.1) is 0 Å². The van der Waals surface area contributed by atoms with Gasteiger partial charge in [-0.1, -0.05) is 11.6 Å². The first kappa shape index (κ1) is 20.6. The van der Waals surface area contributed by atoms with Crippen LogP contribution in [0.1, 0.15) is 6.42 Å². The highest BCUT2D eigenvalue weighted by Gasteiger charge is 2.26. The molecule has 0 aliphatic carbocycles. The number of hydrogen-bond acceptors (Lipinski definition) is 9. The third-order valence-corrected chi connectivity index (χ3v) is 4.61. The van der Waals surface area contributed by atoms with Gasteiger partial charge in [0.1, 0.15) is 18.5 Å². The van der Waals surface area contributed by atoms with Crippen LogP contribution in [0.5, 0.6) is 5.75 Å². The molecule has 2 aromatic rings. The molecule has 0 amide bonds. The van der Waals surface area contributed by atoms with Crippen molar-refractivity contribution in [2.75, 3.05) is 33.0 Å². The molecule has 1 saturated heterocycles. The van der Waals surface area contributed by atoms with Crippen LogP contribution < -0.4 is 16.2 Å². The Morgan fingerprint density at radius 1 is 1.36 bits per heavy atom. The molecule has 1 aromatic carbocycles. The lowest BCUT2D eigenvalue weighted by atomic mass is 10.1. The van der Waals surface area contributed by atoms with E-state index in [1.807, 2.05) is 0 Å². The van der Waals surface area contributed by atoms with E-state index in [1.54, 1.807) is 0 Å². The average Bonchev–Trinajstić information content (AvgIpc) is 2.95. The van der Waals surface area contributed by atoms with E-state index in [-0.39, 0.29) is 31.3 Å². The fourth-order valence-corrected chi connectivity index (χ4v) is 2.67. The minimum atomic E-state index is -1.41. The molecular weight excluding hydrogens is 396 g/mol. The Labute approximate surface area is 164 Å². The number of aliphatic hydroxyl groups excluding tert-OH is 2. The van der Waals surface area contributed by atoms with Crippen LogP contribution in [-0.4, -0.2) is 65.4 Å². The molecule has 1 fully saturated rings. The fourth-order valence-electron chi connectivity index (χ4n) is 2.47. The summed E-state index contributed by atoms with van der Waals surface area (Å²) < 4.78 is 22.1. The van der Waals surface area contributed by atoms with Crippen molar-refractivity contribution in [2.45, 2.75) is 24.6 Å². The highest BCUT2D eigenvalue weighted by molar-refractivity contribution is 6.32. The van der Waals surface area contributed by atoms with Crippen molar-refractivity contribution in [1.29, 1.82) is 0 Å². The van der Waals surface area contributed by atoms with Crippen molar-refractivity contribution >= 4 is 28.7 Å². The van der Waals surface area contributed by atoms with Gasteiger partial charge in [-0.05, 0) is 6.07 Å². The highest BCUT2D eigenvalue weighted by Crippen LogP contribution is 2.31. The van der Waals surface area contributed by atoms with E-state index in [0.29, 0.717) is 29.5 Å². The summed E-state index contributed by atoms with van der Waals surface area (Å²) in [4.78, 5) is 24.0. The maximum atomic E-state index is 12.1. The van der Waals surface area contributed by atoms with E-state index in [2.05, 4.69) is 0 Å². The van der Waals surface area contributed by atoms with Gasteiger partial charge in [0, 0.05) is 12.6 Å². The third-order valence-electron chi connectivity index (χ3n) is 4.31. The van der Waals surface area contributed by atoms with E-state index >= 15 is 0 Å². The molecule has 0 bridgehead atoms. The van der Waals surface area contributed by atoms with Crippen LogP contribution in [0.25, 0.3) is 11.1 Å². The molecule has 0 atom stereocenters. The number of ether oxygens (including phenoxy) is 3. The molecule has 0 unspecified atom stereocenters. The predicted octanol–water partition coefficient (Wildman–Crippen LogP) is -0.359. The number of aryl methyl sites for hydroxylation is 1. The first-order valence-electron chi connectivity index (χ1n) is 8.59. The van der Waals surface area contributed by atoms with Gasteiger partial charge in [0.25, 0.3) is 0 Å². The second kappa shape index (κ2) is 8.50. The predicted molar refractivity (Wildman–Crippen MR) is 97.4 cm³/mol. The monoisotopic (exact) mass is 416 g/mol. The zero-order valence-corrected chi connectivity index (χ0v) is 15.7. The number of carbonyl (C=O) groups excluding carboxylic acids is 1. The second-order valence-corrected chi connectivity index (χ2v) is 7.04. The van der Waals surface area contributed by atoms with Gasteiger partial charge in [-0.25, -0.2) is 4.79 Å². The van der Waals surface area contributed by atoms with Crippen LogP contribution in [0.3, 0.4) is 0 Å². The lowest BCUT2D eigenvalue weighted by molar-refractivity contribution is -0.146. The Kier molecular flexibility index (Phi) is 6.26. The lowest BCUT2D eigenvalue weighted by Crippen LogP contribution is -2.51. The quantitative estimate of drug-likeness (QED) is 0.466. The van der Waals surface area contributed by atoms with Crippen LogP contribution in [-0.2, 0) is 20.8 Å². The van der Waals surface area contributed by atoms with Crippen molar-refractivity contribution in [1.82, 2.24) is 4.57 Å². The second-order valence-electron chi connectivity index (χ2n) is 6.64. The number of hydrogen-bond donors (Lipinski definition) is 3. The Bertz CT molecular complexity index is 900. The van der Waals surface area contributed by atoms with E-state index in [0.717, 1.165) is 0 Å². The van der Waals surface area contributed by atoms with Crippen LogP contribution in [0.2, 0.25) is 5.02 Å². The van der Waals surface area contributed by atoms with E-state index in [4.69, 9.17) is 46.2 Å². The Morgan fingerprint density at radius 3 is 2.68 bits per heavy atom. The Hall–Kier alpha value is -2.11. The summed E-state index contributed by atoms with van der Waals surface area (Å²) >= 11 is 6.23. The van der Waals surface area contributed by atoms with Gasteiger partial charge in [-0.2, -0.15) is 0 Å². The molecule has 1 aliphatic rings. The van der Waals surface area contributed by atoms with E-state index in [9.17, 15) is 9.59 Å². The summed E-state index contributed by atoms with van der Waals surface area (Å²) in [6.07, 6.45) is -0.234. The Balaban J connectivity index is 1.67.